The molecule has 2 aromatic rings. The predicted molar refractivity (Wildman–Crippen MR) is 116 cm³/mol. The third-order valence-electron chi connectivity index (χ3n) is 8.15. The quantitative estimate of drug-likeness (QED) is 0.729. The first kappa shape index (κ1) is 19.5. The fourth-order valence-corrected chi connectivity index (χ4v) is 7.09. The number of carbonyl (C=O) groups excluding carboxylic acids is 2. The topological polar surface area (TPSA) is 82.2 Å². The zero-order chi connectivity index (χ0) is 21.0. The highest BCUT2D eigenvalue weighted by Gasteiger charge is 2.50. The lowest BCUT2D eigenvalue weighted by Gasteiger charge is -2.57. The molecule has 0 radical (unpaired) electrons. The van der Waals surface area contributed by atoms with Gasteiger partial charge in [-0.3, -0.25) is 14.4 Å². The van der Waals surface area contributed by atoms with Gasteiger partial charge >= 0.3 is 0 Å². The van der Waals surface area contributed by atoms with Crippen LogP contribution in [0.25, 0.3) is 10.8 Å². The molecular formula is C25H30N2O3. The maximum atomic E-state index is 13.2. The summed E-state index contributed by atoms with van der Waals surface area (Å²) in [5.41, 5.74) is 6.08. The number of amides is 1. The number of aromatic nitrogens is 1. The summed E-state index contributed by atoms with van der Waals surface area (Å²) in [6.07, 6.45) is 11.2. The number of ketones is 1. The average Bonchev–Trinajstić information content (AvgIpc) is 2.70. The number of hydrogen-bond donors (Lipinski definition) is 1. The summed E-state index contributed by atoms with van der Waals surface area (Å²) in [7, 11) is 0. The molecule has 0 spiro atoms. The van der Waals surface area contributed by atoms with Crippen molar-refractivity contribution in [2.45, 2.75) is 64.3 Å². The van der Waals surface area contributed by atoms with Crippen LogP contribution in [0, 0.1) is 23.2 Å². The van der Waals surface area contributed by atoms with Gasteiger partial charge in [0.25, 0.3) is 5.56 Å². The highest BCUT2D eigenvalue weighted by atomic mass is 16.2. The molecule has 4 aliphatic rings. The molecule has 4 fully saturated rings. The standard InChI is InChI=1S/C25H30N2O3/c1-15(23(26)29)27-8-6-19-20(3-2-4-21(19)24(27)30)22(28)5-7-25-12-16-9-17(13-25)11-18(10-16)14-25/h2-4,6,8,15-18H,5,7,9-14H2,1H3,(H2,26,29)/t15-,16?,17?,18?,25?/m1/s1. The molecule has 0 saturated heterocycles. The predicted octanol–water partition coefficient (Wildman–Crippen LogP) is 4.23. The minimum absolute atomic E-state index is 0.122. The molecule has 4 bridgehead atoms. The summed E-state index contributed by atoms with van der Waals surface area (Å²) >= 11 is 0. The Labute approximate surface area is 176 Å². The van der Waals surface area contributed by atoms with Crippen LogP contribution in [0.5, 0.6) is 0 Å². The van der Waals surface area contributed by atoms with Gasteiger partial charge in [0.15, 0.2) is 5.78 Å². The molecule has 6 rings (SSSR count). The van der Waals surface area contributed by atoms with Crippen LogP contribution in [0.2, 0.25) is 0 Å². The van der Waals surface area contributed by atoms with Gasteiger partial charge in [0.1, 0.15) is 6.04 Å². The van der Waals surface area contributed by atoms with Gasteiger partial charge < -0.3 is 10.3 Å². The molecule has 1 aromatic heterocycles. The second-order valence-corrected chi connectivity index (χ2v) is 10.2. The molecule has 1 amide bonds. The van der Waals surface area contributed by atoms with E-state index in [-0.39, 0.29) is 11.3 Å². The third kappa shape index (κ3) is 3.19. The van der Waals surface area contributed by atoms with Gasteiger partial charge in [0.05, 0.1) is 0 Å². The zero-order valence-corrected chi connectivity index (χ0v) is 17.6. The van der Waals surface area contributed by atoms with E-state index in [0.717, 1.165) is 24.2 Å². The van der Waals surface area contributed by atoms with Crippen LogP contribution in [0.3, 0.4) is 0 Å². The number of nitrogens with two attached hydrogens (primary N) is 1. The lowest BCUT2D eigenvalue weighted by Crippen LogP contribution is -2.46. The molecule has 4 saturated carbocycles. The van der Waals surface area contributed by atoms with E-state index < -0.39 is 11.9 Å². The molecule has 158 valence electrons. The number of rotatable bonds is 6. The number of nitrogens with zero attached hydrogens (tertiary/aromatic N) is 1. The van der Waals surface area contributed by atoms with Crippen LogP contribution in [-0.2, 0) is 4.79 Å². The number of benzene rings is 1. The molecule has 0 unspecified atom stereocenters. The van der Waals surface area contributed by atoms with Gasteiger partial charge in [0, 0.05) is 23.6 Å². The first-order valence-electron chi connectivity index (χ1n) is 11.3. The molecule has 30 heavy (non-hydrogen) atoms. The minimum Gasteiger partial charge on any atom is -0.368 e. The van der Waals surface area contributed by atoms with Crippen LogP contribution < -0.4 is 11.3 Å². The Kier molecular flexibility index (Phi) is 4.60. The van der Waals surface area contributed by atoms with E-state index in [1.807, 2.05) is 6.07 Å². The van der Waals surface area contributed by atoms with Crippen molar-refractivity contribution in [1.29, 1.82) is 0 Å². The Morgan fingerprint density at radius 2 is 1.70 bits per heavy atom. The monoisotopic (exact) mass is 406 g/mol. The van der Waals surface area contributed by atoms with E-state index >= 15 is 0 Å². The SMILES string of the molecule is C[C@H](C(N)=O)n1ccc2c(C(=O)CCC34CC5CC(CC(C5)C3)C4)cccc2c1=O. The van der Waals surface area contributed by atoms with E-state index in [2.05, 4.69) is 0 Å². The van der Waals surface area contributed by atoms with Gasteiger partial charge in [-0.05, 0) is 92.6 Å². The Hall–Kier alpha value is -2.43. The summed E-state index contributed by atoms with van der Waals surface area (Å²) in [6, 6.07) is 6.36. The summed E-state index contributed by atoms with van der Waals surface area (Å²) in [6.45, 7) is 1.61. The van der Waals surface area contributed by atoms with Crippen molar-refractivity contribution >= 4 is 22.5 Å². The molecular weight excluding hydrogens is 376 g/mol. The first-order valence-corrected chi connectivity index (χ1v) is 11.3. The van der Waals surface area contributed by atoms with Crippen molar-refractivity contribution in [2.75, 3.05) is 0 Å². The Balaban J connectivity index is 1.40. The zero-order valence-electron chi connectivity index (χ0n) is 17.6. The average molecular weight is 407 g/mol. The van der Waals surface area contributed by atoms with E-state index in [0.29, 0.717) is 28.2 Å². The number of fused-ring (bicyclic) bond motifs is 1. The van der Waals surface area contributed by atoms with Gasteiger partial charge in [-0.1, -0.05) is 12.1 Å². The van der Waals surface area contributed by atoms with E-state index in [1.54, 1.807) is 31.3 Å². The number of carbonyl (C=O) groups is 2. The molecule has 1 atom stereocenters. The molecule has 5 heteroatoms. The Bertz CT molecular complexity index is 1050. The van der Waals surface area contributed by atoms with Gasteiger partial charge in [-0.25, -0.2) is 0 Å². The minimum atomic E-state index is -0.725. The molecule has 1 aromatic carbocycles. The molecule has 5 nitrogen and oxygen atoms in total. The van der Waals surface area contributed by atoms with E-state index in [1.165, 1.54) is 43.1 Å². The van der Waals surface area contributed by atoms with Crippen LogP contribution >= 0.6 is 0 Å². The highest BCUT2D eigenvalue weighted by Crippen LogP contribution is 2.61. The van der Waals surface area contributed by atoms with Crippen molar-refractivity contribution < 1.29 is 9.59 Å². The summed E-state index contributed by atoms with van der Waals surface area (Å²) in [5.74, 6) is 2.22. The Morgan fingerprint density at radius 1 is 1.07 bits per heavy atom. The van der Waals surface area contributed by atoms with Crippen molar-refractivity contribution in [1.82, 2.24) is 4.57 Å². The summed E-state index contributed by atoms with van der Waals surface area (Å²) in [5, 5.41) is 1.14. The van der Waals surface area contributed by atoms with Crippen molar-refractivity contribution in [3.8, 4) is 0 Å². The molecule has 4 aliphatic carbocycles. The number of primary amides is 1. The molecule has 0 aliphatic heterocycles. The number of hydrogen-bond acceptors (Lipinski definition) is 3. The van der Waals surface area contributed by atoms with Gasteiger partial charge in [-0.2, -0.15) is 0 Å². The molecule has 2 N–H and O–H groups in total. The number of pyridine rings is 1. The lowest BCUT2D eigenvalue weighted by molar-refractivity contribution is -0.120. The fourth-order valence-electron chi connectivity index (χ4n) is 7.09. The van der Waals surface area contributed by atoms with Crippen LogP contribution in [-0.4, -0.2) is 16.3 Å². The number of Topliss-reactive ketones (excluding diaryl/α,β-unsaturated/α-hetero) is 1. The van der Waals surface area contributed by atoms with E-state index in [4.69, 9.17) is 5.73 Å². The maximum absolute atomic E-state index is 13.2. The maximum Gasteiger partial charge on any atom is 0.259 e. The van der Waals surface area contributed by atoms with Crippen molar-refractivity contribution in [3.05, 3.63) is 46.4 Å². The Morgan fingerprint density at radius 3 is 2.30 bits per heavy atom. The third-order valence-corrected chi connectivity index (χ3v) is 8.15. The summed E-state index contributed by atoms with van der Waals surface area (Å²) in [4.78, 5) is 37.6. The highest BCUT2D eigenvalue weighted by molar-refractivity contribution is 6.07. The normalized spacial score (nSPS) is 30.5. The fraction of sp³-hybridized carbons (Fsp3) is 0.560. The van der Waals surface area contributed by atoms with Gasteiger partial charge in [0.2, 0.25) is 5.91 Å². The van der Waals surface area contributed by atoms with Crippen molar-refractivity contribution in [2.24, 2.45) is 28.9 Å². The second-order valence-electron chi connectivity index (χ2n) is 10.2. The summed E-state index contributed by atoms with van der Waals surface area (Å²) < 4.78 is 1.34. The smallest absolute Gasteiger partial charge is 0.259 e. The molecule has 1 heterocycles. The first-order chi connectivity index (χ1) is 14.3. The van der Waals surface area contributed by atoms with Crippen LogP contribution in [0.1, 0.15) is 74.7 Å². The largest absolute Gasteiger partial charge is 0.368 e. The second kappa shape index (κ2) is 7.07. The van der Waals surface area contributed by atoms with Gasteiger partial charge in [-0.15, -0.1) is 0 Å². The van der Waals surface area contributed by atoms with Crippen LogP contribution in [0.15, 0.2) is 35.3 Å². The van der Waals surface area contributed by atoms with Crippen LogP contribution in [0.4, 0.5) is 0 Å². The van der Waals surface area contributed by atoms with E-state index in [9.17, 15) is 14.4 Å². The lowest BCUT2D eigenvalue weighted by atomic mass is 9.48. The van der Waals surface area contributed by atoms with Crippen molar-refractivity contribution in [3.63, 3.8) is 0 Å².